The van der Waals surface area contributed by atoms with E-state index in [0.29, 0.717) is 37.1 Å². The van der Waals surface area contributed by atoms with Gasteiger partial charge in [-0.3, -0.25) is 19.4 Å². The van der Waals surface area contributed by atoms with E-state index in [0.717, 1.165) is 9.92 Å². The fraction of sp³-hybridized carbons (Fsp3) is 0.400. The van der Waals surface area contributed by atoms with Crippen molar-refractivity contribution in [2.24, 2.45) is 5.92 Å². The molecule has 132 valence electrons. The Morgan fingerprint density at radius 3 is 2.32 bits per heavy atom. The summed E-state index contributed by atoms with van der Waals surface area (Å²) < 4.78 is 5.13. The summed E-state index contributed by atoms with van der Waals surface area (Å²) >= 11 is 0. The molecule has 0 bridgehead atoms. The number of hydrogen-bond acceptors (Lipinski definition) is 6. The standard InChI is InChI=1S/C15H16N4O6/c20-13-11-3-1-2-4-12(11)14(21)17(13)9-24-19-18(25-19)16-7-5-10(6-8-16)15(22)23/h1-4,10H,5-9H2,(H,22,23). The monoisotopic (exact) mass is 348 g/mol. The highest BCUT2D eigenvalue weighted by Crippen LogP contribution is 2.22. The van der Waals surface area contributed by atoms with Crippen molar-refractivity contribution >= 4 is 17.8 Å². The van der Waals surface area contributed by atoms with E-state index in [2.05, 4.69) is 0 Å². The van der Waals surface area contributed by atoms with Crippen LogP contribution in [-0.2, 0) is 4.79 Å². The Morgan fingerprint density at radius 2 is 1.76 bits per heavy atom. The molecule has 2 aromatic rings. The molecule has 0 saturated carbocycles. The normalized spacial score (nSPS) is 18.1. The van der Waals surface area contributed by atoms with Crippen LogP contribution in [0, 0.1) is 5.92 Å². The molecule has 0 spiro atoms. The maximum absolute atomic E-state index is 12.2. The molecule has 2 aliphatic heterocycles. The summed E-state index contributed by atoms with van der Waals surface area (Å²) in [6, 6.07) is 6.60. The van der Waals surface area contributed by atoms with Crippen molar-refractivity contribution in [2.75, 3.05) is 24.8 Å². The summed E-state index contributed by atoms with van der Waals surface area (Å²) in [7, 11) is 0. The SMILES string of the molecule is O=C(O)C1CCN(n2on2OCN2C(=O)c3ccccc3C2=O)CC1. The van der Waals surface area contributed by atoms with Gasteiger partial charge in [0.15, 0.2) is 0 Å². The number of nitrogens with zero attached hydrogens (tertiary/aromatic N) is 4. The number of amides is 2. The number of aliphatic carboxylic acids is 1. The second-order valence-corrected chi connectivity index (χ2v) is 5.98. The van der Waals surface area contributed by atoms with E-state index < -0.39 is 17.8 Å². The number of benzene rings is 1. The number of carboxylic acid groups (broad SMARTS) is 1. The summed E-state index contributed by atoms with van der Waals surface area (Å²) in [5, 5.41) is 11.8. The zero-order valence-electron chi connectivity index (χ0n) is 13.2. The number of aromatic nitrogens is 2. The highest BCUT2D eigenvalue weighted by Gasteiger charge is 2.37. The lowest BCUT2D eigenvalue weighted by molar-refractivity contribution is -0.142. The number of carbonyl (C=O) groups excluding carboxylic acids is 2. The lowest BCUT2D eigenvalue weighted by Gasteiger charge is -2.26. The Bertz CT molecular complexity index is 790. The largest absolute Gasteiger partial charge is 0.481 e. The van der Waals surface area contributed by atoms with Crippen LogP contribution in [0.2, 0.25) is 0 Å². The molecule has 1 aromatic carbocycles. The van der Waals surface area contributed by atoms with E-state index >= 15 is 0 Å². The second-order valence-electron chi connectivity index (χ2n) is 5.98. The predicted octanol–water partition coefficient (Wildman–Crippen LogP) is -0.00250. The van der Waals surface area contributed by atoms with Gasteiger partial charge in [0.2, 0.25) is 6.73 Å². The smallest absolute Gasteiger partial charge is 0.306 e. The van der Waals surface area contributed by atoms with E-state index in [4.69, 9.17) is 14.6 Å². The third kappa shape index (κ3) is 2.65. The van der Waals surface area contributed by atoms with Crippen molar-refractivity contribution in [2.45, 2.75) is 12.8 Å². The predicted molar refractivity (Wildman–Crippen MR) is 81.4 cm³/mol. The van der Waals surface area contributed by atoms with E-state index in [9.17, 15) is 14.4 Å². The van der Waals surface area contributed by atoms with Crippen LogP contribution >= 0.6 is 0 Å². The van der Waals surface area contributed by atoms with Crippen molar-refractivity contribution in [3.05, 3.63) is 35.4 Å². The van der Waals surface area contributed by atoms with Gasteiger partial charge in [-0.05, 0) is 25.0 Å². The number of imide groups is 1. The maximum Gasteiger partial charge on any atom is 0.306 e. The van der Waals surface area contributed by atoms with Gasteiger partial charge in [0.1, 0.15) is 5.02 Å². The first-order valence-corrected chi connectivity index (χ1v) is 7.90. The van der Waals surface area contributed by atoms with Gasteiger partial charge < -0.3 is 9.94 Å². The molecule has 4 rings (SSSR count). The van der Waals surface area contributed by atoms with Crippen LogP contribution in [0.5, 0.6) is 0 Å². The molecule has 10 heteroatoms. The number of fused-ring (bicyclic) bond motifs is 1. The Balaban J connectivity index is 1.33. The fourth-order valence-electron chi connectivity index (χ4n) is 3.02. The number of carbonyl (C=O) groups is 3. The molecule has 10 nitrogen and oxygen atoms in total. The Morgan fingerprint density at radius 1 is 1.16 bits per heavy atom. The summed E-state index contributed by atoms with van der Waals surface area (Å²) in [5.41, 5.74) is 0.714. The lowest BCUT2D eigenvalue weighted by atomic mass is 9.98. The molecule has 3 heterocycles. The molecule has 2 amide bonds. The molecule has 0 unspecified atom stereocenters. The first-order chi connectivity index (χ1) is 12.1. The highest BCUT2D eigenvalue weighted by atomic mass is 17.0. The number of piperidine rings is 1. The summed E-state index contributed by atoms with van der Waals surface area (Å²) in [6.07, 6.45) is 1.03. The van der Waals surface area contributed by atoms with Gasteiger partial charge in [-0.2, -0.15) is 4.63 Å². The minimum Gasteiger partial charge on any atom is -0.481 e. The van der Waals surface area contributed by atoms with Gasteiger partial charge in [0.05, 0.1) is 17.0 Å². The van der Waals surface area contributed by atoms with Gasteiger partial charge in [0, 0.05) is 18.1 Å². The van der Waals surface area contributed by atoms with E-state index in [-0.39, 0.29) is 12.6 Å². The van der Waals surface area contributed by atoms with Gasteiger partial charge >= 0.3 is 5.97 Å². The van der Waals surface area contributed by atoms with Crippen molar-refractivity contribution in [1.82, 2.24) is 14.9 Å². The molecular weight excluding hydrogens is 332 g/mol. The average molecular weight is 348 g/mol. The first-order valence-electron chi connectivity index (χ1n) is 7.90. The molecule has 25 heavy (non-hydrogen) atoms. The van der Waals surface area contributed by atoms with Crippen LogP contribution in [0.4, 0.5) is 0 Å². The minimum atomic E-state index is -0.787. The number of rotatable bonds is 5. The first kappa shape index (κ1) is 15.4. The highest BCUT2D eigenvalue weighted by molar-refractivity contribution is 6.21. The molecule has 1 N–H and O–H groups in total. The van der Waals surface area contributed by atoms with Crippen LogP contribution < -0.4 is 9.85 Å². The average Bonchev–Trinajstić information content (AvgIpc) is 3.36. The van der Waals surface area contributed by atoms with E-state index in [1.165, 1.54) is 4.96 Å². The minimum absolute atomic E-state index is 0.269. The zero-order chi connectivity index (χ0) is 17.6. The van der Waals surface area contributed by atoms with Crippen LogP contribution in [-0.4, -0.2) is 57.6 Å². The van der Waals surface area contributed by atoms with Crippen LogP contribution in [0.15, 0.2) is 28.9 Å². The van der Waals surface area contributed by atoms with Gasteiger partial charge in [0.25, 0.3) is 11.8 Å². The summed E-state index contributed by atoms with van der Waals surface area (Å²) in [6.45, 7) is 0.766. The molecule has 0 radical (unpaired) electrons. The maximum atomic E-state index is 12.2. The van der Waals surface area contributed by atoms with Gasteiger partial charge in [-0.15, -0.1) is 0 Å². The Hall–Kier alpha value is -3.17. The summed E-state index contributed by atoms with van der Waals surface area (Å²) in [5.74, 6) is -1.94. The zero-order valence-corrected chi connectivity index (χ0v) is 13.2. The van der Waals surface area contributed by atoms with Crippen LogP contribution in [0.3, 0.4) is 0 Å². The molecule has 0 aliphatic carbocycles. The van der Waals surface area contributed by atoms with Crippen LogP contribution in [0.1, 0.15) is 33.6 Å². The lowest BCUT2D eigenvalue weighted by Crippen LogP contribution is -2.42. The molecule has 2 aliphatic rings. The summed E-state index contributed by atoms with van der Waals surface area (Å²) in [4.78, 5) is 43.0. The second kappa shape index (κ2) is 5.72. The quantitative estimate of drug-likeness (QED) is 0.757. The fourth-order valence-corrected chi connectivity index (χ4v) is 3.02. The van der Waals surface area contributed by atoms with E-state index in [1.54, 1.807) is 29.3 Å². The van der Waals surface area contributed by atoms with Crippen molar-refractivity contribution < 1.29 is 29.0 Å². The van der Waals surface area contributed by atoms with E-state index in [1.807, 2.05) is 0 Å². The Kier molecular flexibility index (Phi) is 3.52. The van der Waals surface area contributed by atoms with Gasteiger partial charge in [-0.25, -0.2) is 4.90 Å². The molecule has 1 aromatic heterocycles. The van der Waals surface area contributed by atoms with Crippen molar-refractivity contribution in [1.29, 1.82) is 0 Å². The molecule has 0 atom stereocenters. The van der Waals surface area contributed by atoms with Crippen LogP contribution in [0.25, 0.3) is 0 Å². The third-order valence-corrected chi connectivity index (χ3v) is 4.50. The topological polar surface area (TPSA) is 110 Å². The number of carboxylic acids is 1. The Labute approximate surface area is 141 Å². The van der Waals surface area contributed by atoms with Gasteiger partial charge in [-0.1, -0.05) is 12.1 Å². The molecular formula is C15H16N4O6. The number of hydrogen-bond donors (Lipinski definition) is 1. The van der Waals surface area contributed by atoms with Crippen molar-refractivity contribution in [3.63, 3.8) is 0 Å². The van der Waals surface area contributed by atoms with Crippen molar-refractivity contribution in [3.8, 4) is 0 Å². The molecule has 1 fully saturated rings. The third-order valence-electron chi connectivity index (χ3n) is 4.50. The molecule has 1 saturated heterocycles.